The van der Waals surface area contributed by atoms with Crippen LogP contribution in [0.2, 0.25) is 0 Å². The number of sulfone groups is 1. The summed E-state index contributed by atoms with van der Waals surface area (Å²) in [4.78, 5) is 27.1. The fraction of sp³-hybridized carbons (Fsp3) is 0.286. The zero-order valence-corrected chi connectivity index (χ0v) is 17.3. The highest BCUT2D eigenvalue weighted by atomic mass is 32.2. The van der Waals surface area contributed by atoms with E-state index in [1.807, 2.05) is 18.2 Å². The Balaban J connectivity index is 1.66. The summed E-state index contributed by atoms with van der Waals surface area (Å²) >= 11 is 0. The van der Waals surface area contributed by atoms with Crippen molar-refractivity contribution in [2.75, 3.05) is 22.7 Å². The number of carbonyl (C=O) groups excluding carboxylic acids is 2. The standard InChI is InChI=1S/C21H22N4O4S/c1-30(28,29)16-9-10-18-14(12-16)6-5-11-24(18)21(27)17-13-19(20(22)26)25(23-17)15-7-3-2-4-8-15/h2-4,7-10,12,19H,5-6,11,13H2,1H3,(H2,22,26). The van der Waals surface area contributed by atoms with E-state index in [9.17, 15) is 18.0 Å². The molecule has 2 N–H and O–H groups in total. The Morgan fingerprint density at radius 1 is 1.13 bits per heavy atom. The second kappa shape index (κ2) is 7.56. The van der Waals surface area contributed by atoms with Gasteiger partial charge in [0.15, 0.2) is 9.84 Å². The number of benzene rings is 2. The Morgan fingerprint density at radius 3 is 2.53 bits per heavy atom. The highest BCUT2D eigenvalue weighted by Crippen LogP contribution is 2.31. The lowest BCUT2D eigenvalue weighted by molar-refractivity contribution is -0.119. The predicted octanol–water partition coefficient (Wildman–Crippen LogP) is 1.49. The fourth-order valence-corrected chi connectivity index (χ4v) is 4.52. The number of fused-ring (bicyclic) bond motifs is 1. The van der Waals surface area contributed by atoms with Crippen molar-refractivity contribution in [1.29, 1.82) is 0 Å². The Morgan fingerprint density at radius 2 is 1.87 bits per heavy atom. The molecule has 4 rings (SSSR count). The number of rotatable bonds is 4. The number of hydrogen-bond donors (Lipinski definition) is 1. The quantitative estimate of drug-likeness (QED) is 0.796. The molecular formula is C21H22N4O4S. The second-order valence-electron chi connectivity index (χ2n) is 7.47. The molecule has 30 heavy (non-hydrogen) atoms. The first kappa shape index (κ1) is 20.1. The van der Waals surface area contributed by atoms with Gasteiger partial charge in [0.05, 0.1) is 10.6 Å². The molecule has 2 aromatic carbocycles. The van der Waals surface area contributed by atoms with Gasteiger partial charge in [0.2, 0.25) is 5.91 Å². The Kier molecular flexibility index (Phi) is 5.07. The van der Waals surface area contributed by atoms with Gasteiger partial charge in [0.1, 0.15) is 11.8 Å². The summed E-state index contributed by atoms with van der Waals surface area (Å²) in [5.74, 6) is -0.852. The molecule has 2 aromatic rings. The maximum Gasteiger partial charge on any atom is 0.274 e. The van der Waals surface area contributed by atoms with Gasteiger partial charge in [-0.25, -0.2) is 8.42 Å². The molecule has 9 heteroatoms. The van der Waals surface area contributed by atoms with Crippen molar-refractivity contribution in [3.05, 3.63) is 54.1 Å². The number of nitrogens with two attached hydrogens (primary N) is 1. The number of primary amides is 1. The van der Waals surface area contributed by atoms with Crippen molar-refractivity contribution < 1.29 is 18.0 Å². The van der Waals surface area contributed by atoms with Gasteiger partial charge in [0.25, 0.3) is 5.91 Å². The Bertz CT molecular complexity index is 1140. The van der Waals surface area contributed by atoms with Crippen LogP contribution in [0, 0.1) is 0 Å². The van der Waals surface area contributed by atoms with E-state index in [1.165, 1.54) is 11.1 Å². The van der Waals surface area contributed by atoms with Crippen LogP contribution in [0.15, 0.2) is 58.5 Å². The van der Waals surface area contributed by atoms with Gasteiger partial charge in [-0.15, -0.1) is 0 Å². The largest absolute Gasteiger partial charge is 0.368 e. The molecule has 2 aliphatic heterocycles. The zero-order chi connectivity index (χ0) is 21.5. The molecule has 156 valence electrons. The third-order valence-corrected chi connectivity index (χ3v) is 6.46. The van der Waals surface area contributed by atoms with E-state index >= 15 is 0 Å². The first-order valence-electron chi connectivity index (χ1n) is 9.61. The van der Waals surface area contributed by atoms with E-state index < -0.39 is 21.8 Å². The van der Waals surface area contributed by atoms with E-state index in [4.69, 9.17) is 5.73 Å². The van der Waals surface area contributed by atoms with E-state index in [0.29, 0.717) is 30.8 Å². The van der Waals surface area contributed by atoms with Crippen molar-refractivity contribution in [1.82, 2.24) is 0 Å². The van der Waals surface area contributed by atoms with Gasteiger partial charge in [-0.1, -0.05) is 18.2 Å². The molecule has 0 fully saturated rings. The van der Waals surface area contributed by atoms with Crippen LogP contribution in [0.5, 0.6) is 0 Å². The highest BCUT2D eigenvalue weighted by molar-refractivity contribution is 7.90. The molecule has 8 nitrogen and oxygen atoms in total. The number of hydrazone groups is 1. The lowest BCUT2D eigenvalue weighted by Gasteiger charge is -2.29. The summed E-state index contributed by atoms with van der Waals surface area (Å²) < 4.78 is 23.7. The molecular weight excluding hydrogens is 404 g/mol. The first-order valence-corrected chi connectivity index (χ1v) is 11.5. The molecule has 2 aliphatic rings. The third kappa shape index (κ3) is 3.68. The molecule has 0 aromatic heterocycles. The smallest absolute Gasteiger partial charge is 0.274 e. The minimum Gasteiger partial charge on any atom is -0.368 e. The van der Waals surface area contributed by atoms with Crippen LogP contribution in [-0.2, 0) is 25.8 Å². The Labute approximate surface area is 174 Å². The maximum absolute atomic E-state index is 13.3. The van der Waals surface area contributed by atoms with Crippen molar-refractivity contribution in [3.63, 3.8) is 0 Å². The minimum atomic E-state index is -3.33. The molecule has 1 atom stereocenters. The number of para-hydroxylation sites is 1. The van der Waals surface area contributed by atoms with E-state index in [-0.39, 0.29) is 22.9 Å². The summed E-state index contributed by atoms with van der Waals surface area (Å²) in [6.45, 7) is 0.496. The normalized spacial score (nSPS) is 18.7. The highest BCUT2D eigenvalue weighted by Gasteiger charge is 2.37. The van der Waals surface area contributed by atoms with E-state index in [1.54, 1.807) is 29.2 Å². The number of hydrogen-bond acceptors (Lipinski definition) is 6. The summed E-state index contributed by atoms with van der Waals surface area (Å²) in [7, 11) is -3.33. The van der Waals surface area contributed by atoms with Crippen LogP contribution in [0.4, 0.5) is 11.4 Å². The molecule has 2 amide bonds. The molecule has 0 spiro atoms. The number of carbonyl (C=O) groups is 2. The number of nitrogens with zero attached hydrogens (tertiary/aromatic N) is 3. The van der Waals surface area contributed by atoms with Gasteiger partial charge < -0.3 is 10.6 Å². The molecule has 0 aliphatic carbocycles. The fourth-order valence-electron chi connectivity index (χ4n) is 3.85. The first-order chi connectivity index (χ1) is 14.3. The molecule has 0 saturated heterocycles. The zero-order valence-electron chi connectivity index (χ0n) is 16.5. The van der Waals surface area contributed by atoms with Crippen molar-refractivity contribution in [2.45, 2.75) is 30.2 Å². The van der Waals surface area contributed by atoms with Crippen molar-refractivity contribution in [2.24, 2.45) is 10.8 Å². The van der Waals surface area contributed by atoms with E-state index in [2.05, 4.69) is 5.10 Å². The number of anilines is 2. The molecule has 0 radical (unpaired) electrons. The monoisotopic (exact) mass is 426 g/mol. The average Bonchev–Trinajstić information content (AvgIpc) is 3.18. The van der Waals surface area contributed by atoms with Crippen LogP contribution in [-0.4, -0.2) is 44.8 Å². The van der Waals surface area contributed by atoms with Gasteiger partial charge in [0, 0.05) is 24.9 Å². The van der Waals surface area contributed by atoms with Gasteiger partial charge in [-0.2, -0.15) is 5.10 Å². The molecule has 2 heterocycles. The lowest BCUT2D eigenvalue weighted by Crippen LogP contribution is -2.41. The molecule has 1 unspecified atom stereocenters. The summed E-state index contributed by atoms with van der Waals surface area (Å²) in [6, 6.07) is 13.2. The molecule has 0 saturated carbocycles. The van der Waals surface area contributed by atoms with Crippen LogP contribution in [0.1, 0.15) is 18.4 Å². The maximum atomic E-state index is 13.3. The van der Waals surface area contributed by atoms with Gasteiger partial charge in [-0.05, 0) is 48.7 Å². The van der Waals surface area contributed by atoms with Crippen LogP contribution < -0.4 is 15.6 Å². The van der Waals surface area contributed by atoms with Crippen molar-refractivity contribution >= 4 is 38.7 Å². The predicted molar refractivity (Wildman–Crippen MR) is 114 cm³/mol. The van der Waals surface area contributed by atoms with Crippen LogP contribution in [0.25, 0.3) is 0 Å². The lowest BCUT2D eigenvalue weighted by atomic mass is 10.0. The Hall–Kier alpha value is -3.20. The van der Waals surface area contributed by atoms with Crippen LogP contribution in [0.3, 0.4) is 0 Å². The van der Waals surface area contributed by atoms with Crippen LogP contribution >= 0.6 is 0 Å². The SMILES string of the molecule is CS(=O)(=O)c1ccc2c(c1)CCCN2C(=O)C1=NN(c2ccccc2)C(C(N)=O)C1. The average molecular weight is 426 g/mol. The molecule has 0 bridgehead atoms. The summed E-state index contributed by atoms with van der Waals surface area (Å²) in [5, 5.41) is 5.92. The van der Waals surface area contributed by atoms with Gasteiger partial charge >= 0.3 is 0 Å². The number of aryl methyl sites for hydroxylation is 1. The third-order valence-electron chi connectivity index (χ3n) is 5.35. The number of amides is 2. The second-order valence-corrected chi connectivity index (χ2v) is 9.49. The van der Waals surface area contributed by atoms with Crippen molar-refractivity contribution in [3.8, 4) is 0 Å². The van der Waals surface area contributed by atoms with E-state index in [0.717, 1.165) is 11.8 Å². The summed E-state index contributed by atoms with van der Waals surface area (Å²) in [5.41, 5.74) is 7.98. The summed E-state index contributed by atoms with van der Waals surface area (Å²) in [6.07, 6.45) is 2.68. The van der Waals surface area contributed by atoms with Gasteiger partial charge in [-0.3, -0.25) is 14.6 Å². The minimum absolute atomic E-state index is 0.121. The topological polar surface area (TPSA) is 113 Å².